The van der Waals surface area contributed by atoms with Crippen LogP contribution in [0.15, 0.2) is 24.8 Å². The summed E-state index contributed by atoms with van der Waals surface area (Å²) in [5.74, 6) is 1.88. The Morgan fingerprint density at radius 3 is 2.90 bits per heavy atom. The molecule has 1 N–H and O–H groups in total. The van der Waals surface area contributed by atoms with Crippen molar-refractivity contribution < 1.29 is 9.47 Å². The Morgan fingerprint density at radius 1 is 1.30 bits per heavy atom. The van der Waals surface area contributed by atoms with Gasteiger partial charge >= 0.3 is 0 Å². The van der Waals surface area contributed by atoms with Crippen LogP contribution in [-0.4, -0.2) is 40.3 Å². The van der Waals surface area contributed by atoms with E-state index < -0.39 is 0 Å². The molecule has 0 unspecified atom stereocenters. The lowest BCUT2D eigenvalue weighted by Gasteiger charge is -2.09. The van der Waals surface area contributed by atoms with Crippen molar-refractivity contribution in [3.8, 4) is 5.88 Å². The van der Waals surface area contributed by atoms with Crippen molar-refractivity contribution in [1.82, 2.24) is 19.5 Å². The van der Waals surface area contributed by atoms with Gasteiger partial charge < -0.3 is 19.4 Å². The van der Waals surface area contributed by atoms with Gasteiger partial charge in [-0.3, -0.25) is 0 Å². The zero-order valence-electron chi connectivity index (χ0n) is 11.7. The summed E-state index contributed by atoms with van der Waals surface area (Å²) in [6.07, 6.45) is 6.51. The molecule has 0 radical (unpaired) electrons. The molecule has 7 nitrogen and oxygen atoms in total. The molecule has 0 fully saturated rings. The van der Waals surface area contributed by atoms with Crippen LogP contribution < -0.4 is 10.1 Å². The molecule has 0 saturated carbocycles. The molecular formula is C13H19N5O2. The van der Waals surface area contributed by atoms with E-state index in [1.165, 1.54) is 0 Å². The maximum Gasteiger partial charge on any atom is 0.218 e. The number of methoxy groups -OCH3 is 2. The van der Waals surface area contributed by atoms with Gasteiger partial charge in [0.1, 0.15) is 12.4 Å². The number of hydrogen-bond donors (Lipinski definition) is 1. The van der Waals surface area contributed by atoms with Crippen LogP contribution in [0.25, 0.3) is 0 Å². The number of aryl methyl sites for hydroxylation is 1. The molecule has 0 bridgehead atoms. The van der Waals surface area contributed by atoms with Gasteiger partial charge in [0.2, 0.25) is 5.88 Å². The van der Waals surface area contributed by atoms with Crippen molar-refractivity contribution >= 4 is 5.82 Å². The summed E-state index contributed by atoms with van der Waals surface area (Å²) in [5, 5.41) is 3.26. The topological polar surface area (TPSA) is 74.1 Å². The summed E-state index contributed by atoms with van der Waals surface area (Å²) in [7, 11) is 3.20. The van der Waals surface area contributed by atoms with Gasteiger partial charge in [-0.15, -0.1) is 0 Å². The van der Waals surface area contributed by atoms with E-state index in [2.05, 4.69) is 20.3 Å². The number of hydrogen-bond acceptors (Lipinski definition) is 6. The third kappa shape index (κ3) is 4.20. The fourth-order valence-corrected chi connectivity index (χ4v) is 1.76. The normalized spacial score (nSPS) is 10.5. The first-order valence-electron chi connectivity index (χ1n) is 6.42. The summed E-state index contributed by atoms with van der Waals surface area (Å²) >= 11 is 0. The van der Waals surface area contributed by atoms with Gasteiger partial charge in [0.15, 0.2) is 5.82 Å². The second kappa shape index (κ2) is 7.44. The lowest BCUT2D eigenvalue weighted by molar-refractivity contribution is 0.177. The maximum absolute atomic E-state index is 5.15. The third-order valence-corrected chi connectivity index (χ3v) is 2.69. The van der Waals surface area contributed by atoms with E-state index in [-0.39, 0.29) is 0 Å². The molecule has 0 aliphatic heterocycles. The van der Waals surface area contributed by atoms with E-state index in [1.807, 2.05) is 17.1 Å². The van der Waals surface area contributed by atoms with Crippen LogP contribution in [0.3, 0.4) is 0 Å². The van der Waals surface area contributed by atoms with Crippen LogP contribution in [0.5, 0.6) is 5.88 Å². The highest BCUT2D eigenvalue weighted by Gasteiger charge is 2.04. The number of aromatic nitrogens is 4. The van der Waals surface area contributed by atoms with Gasteiger partial charge in [0.05, 0.1) is 13.4 Å². The number of imidazole rings is 1. The van der Waals surface area contributed by atoms with Crippen molar-refractivity contribution in [3.05, 3.63) is 30.6 Å². The highest BCUT2D eigenvalue weighted by atomic mass is 16.5. The third-order valence-electron chi connectivity index (χ3n) is 2.69. The molecule has 0 aliphatic rings. The van der Waals surface area contributed by atoms with Crippen LogP contribution in [-0.2, 0) is 17.9 Å². The second-order valence-electron chi connectivity index (χ2n) is 4.23. The molecule has 20 heavy (non-hydrogen) atoms. The van der Waals surface area contributed by atoms with Crippen LogP contribution in [0.2, 0.25) is 0 Å². The summed E-state index contributed by atoms with van der Waals surface area (Å²) in [6.45, 7) is 2.09. The molecule has 2 rings (SSSR count). The lowest BCUT2D eigenvalue weighted by atomic mass is 10.4. The zero-order valence-corrected chi connectivity index (χ0v) is 11.7. The van der Waals surface area contributed by atoms with Crippen molar-refractivity contribution in [2.24, 2.45) is 0 Å². The first-order valence-corrected chi connectivity index (χ1v) is 6.42. The molecule has 0 aliphatic carbocycles. The molecule has 2 aromatic rings. The van der Waals surface area contributed by atoms with Gasteiger partial charge in [-0.2, -0.15) is 4.98 Å². The van der Waals surface area contributed by atoms with Gasteiger partial charge in [0, 0.05) is 38.7 Å². The maximum atomic E-state index is 5.15. The fourth-order valence-electron chi connectivity index (χ4n) is 1.76. The zero-order chi connectivity index (χ0) is 14.2. The van der Waals surface area contributed by atoms with Crippen molar-refractivity contribution in [1.29, 1.82) is 0 Å². The average Bonchev–Trinajstić information content (AvgIpc) is 2.97. The molecule has 0 amide bonds. The van der Waals surface area contributed by atoms with Crippen LogP contribution >= 0.6 is 0 Å². The summed E-state index contributed by atoms with van der Waals surface area (Å²) in [5.41, 5.74) is 0. The summed E-state index contributed by atoms with van der Waals surface area (Å²) < 4.78 is 12.2. The quantitative estimate of drug-likeness (QED) is 0.734. The molecule has 2 aromatic heterocycles. The predicted octanol–water partition coefficient (Wildman–Crippen LogP) is 1.33. The van der Waals surface area contributed by atoms with E-state index in [9.17, 15) is 0 Å². The fraction of sp³-hybridized carbons (Fsp3) is 0.462. The van der Waals surface area contributed by atoms with E-state index in [4.69, 9.17) is 9.47 Å². The Morgan fingerprint density at radius 2 is 2.20 bits per heavy atom. The number of nitrogens with one attached hydrogen (secondary N) is 1. The van der Waals surface area contributed by atoms with Crippen molar-refractivity contribution in [2.75, 3.05) is 26.1 Å². The van der Waals surface area contributed by atoms with Crippen molar-refractivity contribution in [3.63, 3.8) is 0 Å². The SMILES string of the molecule is COCc1nc(NCCCn2ccnc2)cc(OC)n1. The van der Waals surface area contributed by atoms with Gasteiger partial charge in [-0.05, 0) is 6.42 Å². The smallest absolute Gasteiger partial charge is 0.218 e. The Labute approximate surface area is 118 Å². The Bertz CT molecular complexity index is 515. The minimum atomic E-state index is 0.362. The minimum Gasteiger partial charge on any atom is -0.481 e. The monoisotopic (exact) mass is 277 g/mol. The summed E-state index contributed by atoms with van der Waals surface area (Å²) in [6, 6.07) is 1.77. The van der Waals surface area contributed by atoms with Crippen LogP contribution in [0.4, 0.5) is 5.82 Å². The predicted molar refractivity (Wildman–Crippen MR) is 74.6 cm³/mol. The molecule has 0 saturated heterocycles. The number of ether oxygens (including phenoxy) is 2. The standard InChI is InChI=1S/C13H19N5O2/c1-19-9-12-16-11(8-13(17-12)20-2)15-4-3-6-18-7-5-14-10-18/h5,7-8,10H,3-4,6,9H2,1-2H3,(H,15,16,17). The van der Waals surface area contributed by atoms with E-state index in [1.54, 1.807) is 26.5 Å². The molecular weight excluding hydrogens is 258 g/mol. The molecule has 0 spiro atoms. The number of anilines is 1. The minimum absolute atomic E-state index is 0.362. The first-order chi connectivity index (χ1) is 9.81. The molecule has 2 heterocycles. The average molecular weight is 277 g/mol. The van der Waals surface area contributed by atoms with Gasteiger partial charge in [0.25, 0.3) is 0 Å². The molecule has 0 atom stereocenters. The van der Waals surface area contributed by atoms with E-state index in [0.717, 1.165) is 25.3 Å². The molecule has 7 heteroatoms. The van der Waals surface area contributed by atoms with Crippen LogP contribution in [0.1, 0.15) is 12.2 Å². The highest BCUT2D eigenvalue weighted by Crippen LogP contribution is 2.13. The second-order valence-corrected chi connectivity index (χ2v) is 4.23. The Kier molecular flexibility index (Phi) is 5.31. The Hall–Kier alpha value is -2.15. The molecule has 0 aromatic carbocycles. The first kappa shape index (κ1) is 14.3. The lowest BCUT2D eigenvalue weighted by Crippen LogP contribution is -2.09. The number of rotatable bonds is 8. The van der Waals surface area contributed by atoms with Gasteiger partial charge in [-0.25, -0.2) is 9.97 Å². The Balaban J connectivity index is 1.86. The largest absolute Gasteiger partial charge is 0.481 e. The molecule has 108 valence electrons. The number of nitrogens with zero attached hydrogens (tertiary/aromatic N) is 4. The summed E-state index contributed by atoms with van der Waals surface area (Å²) in [4.78, 5) is 12.6. The van der Waals surface area contributed by atoms with E-state index in [0.29, 0.717) is 18.3 Å². The van der Waals surface area contributed by atoms with Gasteiger partial charge in [-0.1, -0.05) is 0 Å². The van der Waals surface area contributed by atoms with Crippen LogP contribution in [0, 0.1) is 0 Å². The van der Waals surface area contributed by atoms with Crippen molar-refractivity contribution in [2.45, 2.75) is 19.6 Å². The highest BCUT2D eigenvalue weighted by molar-refractivity contribution is 5.38. The van der Waals surface area contributed by atoms with E-state index >= 15 is 0 Å².